The van der Waals surface area contributed by atoms with Crippen LogP contribution in [0.25, 0.3) is 11.4 Å². The van der Waals surface area contributed by atoms with Gasteiger partial charge in [0.2, 0.25) is 17.6 Å². The third kappa shape index (κ3) is 5.87. The van der Waals surface area contributed by atoms with Gasteiger partial charge in [-0.1, -0.05) is 35.0 Å². The Labute approximate surface area is 166 Å². The molecule has 1 aliphatic rings. The minimum atomic E-state index is 0.0142. The summed E-state index contributed by atoms with van der Waals surface area (Å²) in [5.41, 5.74) is 2.14. The van der Waals surface area contributed by atoms with Crippen molar-refractivity contribution < 1.29 is 14.1 Å². The highest BCUT2D eigenvalue weighted by molar-refractivity contribution is 5.78. The first kappa shape index (κ1) is 20.5. The maximum absolute atomic E-state index is 12.4. The van der Waals surface area contributed by atoms with Crippen LogP contribution in [0, 0.1) is 12.8 Å². The highest BCUT2D eigenvalue weighted by Crippen LogP contribution is 2.20. The summed E-state index contributed by atoms with van der Waals surface area (Å²) in [6.07, 6.45) is 2.77. The van der Waals surface area contributed by atoms with E-state index in [0.29, 0.717) is 38.0 Å². The lowest BCUT2D eigenvalue weighted by molar-refractivity contribution is -0.126. The molecule has 1 atom stereocenters. The Morgan fingerprint density at radius 3 is 2.96 bits per heavy atom. The summed E-state index contributed by atoms with van der Waals surface area (Å²) in [5.74, 6) is 1.34. The molecule has 1 saturated heterocycles. The molecular formula is C21H30N4O3. The van der Waals surface area contributed by atoms with Crippen molar-refractivity contribution in [2.75, 3.05) is 32.8 Å². The first-order chi connectivity index (χ1) is 13.7. The molecule has 28 heavy (non-hydrogen) atoms. The monoisotopic (exact) mass is 386 g/mol. The van der Waals surface area contributed by atoms with Crippen molar-refractivity contribution >= 4 is 5.91 Å². The smallest absolute Gasteiger partial charge is 0.241 e. The number of nitrogens with one attached hydrogen (secondary N) is 1. The van der Waals surface area contributed by atoms with Crippen LogP contribution in [0.4, 0.5) is 0 Å². The molecule has 152 valence electrons. The third-order valence-electron chi connectivity index (χ3n) is 4.98. The number of hydrogen-bond donors (Lipinski definition) is 1. The van der Waals surface area contributed by atoms with Gasteiger partial charge in [0.1, 0.15) is 0 Å². The number of likely N-dealkylation sites (tertiary alicyclic amines) is 1. The molecule has 1 aliphatic heterocycles. The summed E-state index contributed by atoms with van der Waals surface area (Å²) in [5, 5.41) is 7.13. The van der Waals surface area contributed by atoms with Crippen LogP contribution < -0.4 is 5.32 Å². The lowest BCUT2D eigenvalue weighted by Gasteiger charge is -2.30. The molecule has 0 aliphatic carbocycles. The topological polar surface area (TPSA) is 80.5 Å². The number of rotatable bonds is 9. The maximum atomic E-state index is 12.4. The number of ether oxygens (including phenoxy) is 1. The molecule has 7 heteroatoms. The number of aryl methyl sites for hydroxylation is 1. The molecule has 0 spiro atoms. The molecule has 1 aromatic heterocycles. The van der Waals surface area contributed by atoms with Gasteiger partial charge >= 0.3 is 0 Å². The van der Waals surface area contributed by atoms with E-state index in [4.69, 9.17) is 9.26 Å². The van der Waals surface area contributed by atoms with Crippen molar-refractivity contribution in [3.63, 3.8) is 0 Å². The van der Waals surface area contributed by atoms with Crippen LogP contribution >= 0.6 is 0 Å². The second kappa shape index (κ2) is 10.3. The van der Waals surface area contributed by atoms with Crippen LogP contribution in [-0.2, 0) is 16.1 Å². The van der Waals surface area contributed by atoms with E-state index in [9.17, 15) is 4.79 Å². The number of carbonyl (C=O) groups excluding carboxylic acids is 1. The van der Waals surface area contributed by atoms with E-state index in [1.165, 1.54) is 5.56 Å². The van der Waals surface area contributed by atoms with Gasteiger partial charge in [-0.15, -0.1) is 0 Å². The number of aromatic nitrogens is 2. The Hall–Kier alpha value is -2.25. The van der Waals surface area contributed by atoms with Gasteiger partial charge in [0, 0.05) is 31.9 Å². The minimum absolute atomic E-state index is 0.0142. The highest BCUT2D eigenvalue weighted by atomic mass is 16.5. The first-order valence-corrected chi connectivity index (χ1v) is 10.1. The number of amides is 1. The van der Waals surface area contributed by atoms with E-state index in [2.05, 4.69) is 20.4 Å². The minimum Gasteiger partial charge on any atom is -0.382 e. The number of nitrogens with zero attached hydrogens (tertiary/aromatic N) is 3. The number of benzene rings is 1. The van der Waals surface area contributed by atoms with Crippen molar-refractivity contribution in [3.8, 4) is 11.4 Å². The zero-order chi connectivity index (χ0) is 19.8. The Bertz CT molecular complexity index is 744. The molecule has 0 radical (unpaired) electrons. The van der Waals surface area contributed by atoms with Crippen LogP contribution in [0.3, 0.4) is 0 Å². The van der Waals surface area contributed by atoms with Gasteiger partial charge in [0.05, 0.1) is 12.5 Å². The second-order valence-electron chi connectivity index (χ2n) is 7.29. The van der Waals surface area contributed by atoms with E-state index < -0.39 is 0 Å². The van der Waals surface area contributed by atoms with E-state index in [-0.39, 0.29) is 11.8 Å². The Balaban J connectivity index is 1.48. The summed E-state index contributed by atoms with van der Waals surface area (Å²) >= 11 is 0. The van der Waals surface area contributed by atoms with Gasteiger partial charge in [-0.25, -0.2) is 0 Å². The average Bonchev–Trinajstić information content (AvgIpc) is 3.17. The van der Waals surface area contributed by atoms with Crippen molar-refractivity contribution in [1.82, 2.24) is 20.4 Å². The lowest BCUT2D eigenvalue weighted by atomic mass is 9.97. The predicted molar refractivity (Wildman–Crippen MR) is 107 cm³/mol. The maximum Gasteiger partial charge on any atom is 0.241 e. The third-order valence-corrected chi connectivity index (χ3v) is 4.98. The Morgan fingerprint density at radius 2 is 2.18 bits per heavy atom. The van der Waals surface area contributed by atoms with E-state index in [1.807, 2.05) is 38.1 Å². The van der Waals surface area contributed by atoms with Crippen molar-refractivity contribution in [1.29, 1.82) is 0 Å². The molecular weight excluding hydrogens is 356 g/mol. The van der Waals surface area contributed by atoms with Gasteiger partial charge < -0.3 is 14.6 Å². The molecule has 1 N–H and O–H groups in total. The van der Waals surface area contributed by atoms with Gasteiger partial charge in [0.15, 0.2) is 0 Å². The van der Waals surface area contributed by atoms with E-state index >= 15 is 0 Å². The van der Waals surface area contributed by atoms with Crippen LogP contribution in [0.2, 0.25) is 0 Å². The number of piperidine rings is 1. The molecule has 1 aromatic carbocycles. The van der Waals surface area contributed by atoms with E-state index in [1.54, 1.807) is 0 Å². The Kier molecular flexibility index (Phi) is 7.56. The Morgan fingerprint density at radius 1 is 1.36 bits per heavy atom. The summed E-state index contributed by atoms with van der Waals surface area (Å²) in [4.78, 5) is 19.2. The molecule has 1 unspecified atom stereocenters. The van der Waals surface area contributed by atoms with Crippen LogP contribution in [0.15, 0.2) is 28.8 Å². The molecule has 2 heterocycles. The predicted octanol–water partition coefficient (Wildman–Crippen LogP) is 2.80. The standard InChI is InChI=1S/C21H30N4O3/c1-3-27-13-5-11-22-21(26)18-6-4-12-25(14-18)15-19-23-20(24-28-19)17-9-7-16(2)8-10-17/h7-10,18H,3-6,11-15H2,1-2H3,(H,22,26). The normalized spacial score (nSPS) is 17.6. The molecule has 7 nitrogen and oxygen atoms in total. The van der Waals surface area contributed by atoms with Crippen LogP contribution in [0.5, 0.6) is 0 Å². The van der Waals surface area contributed by atoms with E-state index in [0.717, 1.165) is 37.9 Å². The van der Waals surface area contributed by atoms with Gasteiger partial charge in [-0.05, 0) is 39.7 Å². The summed E-state index contributed by atoms with van der Waals surface area (Å²) < 4.78 is 10.7. The van der Waals surface area contributed by atoms with Crippen molar-refractivity contribution in [3.05, 3.63) is 35.7 Å². The number of carbonyl (C=O) groups is 1. The fourth-order valence-electron chi connectivity index (χ4n) is 3.42. The SMILES string of the molecule is CCOCCCNC(=O)C1CCCN(Cc2nc(-c3ccc(C)cc3)no2)C1. The number of hydrogen-bond acceptors (Lipinski definition) is 6. The molecule has 1 amide bonds. The molecule has 2 aromatic rings. The lowest BCUT2D eigenvalue weighted by Crippen LogP contribution is -2.43. The molecule has 0 bridgehead atoms. The van der Waals surface area contributed by atoms with Gasteiger partial charge in [0.25, 0.3) is 0 Å². The highest BCUT2D eigenvalue weighted by Gasteiger charge is 2.26. The summed E-state index contributed by atoms with van der Waals surface area (Å²) in [7, 11) is 0. The average molecular weight is 386 g/mol. The van der Waals surface area contributed by atoms with Gasteiger partial charge in [-0.2, -0.15) is 4.98 Å². The summed E-state index contributed by atoms with van der Waals surface area (Å²) in [6.45, 7) is 8.33. The summed E-state index contributed by atoms with van der Waals surface area (Å²) in [6, 6.07) is 8.06. The van der Waals surface area contributed by atoms with Crippen molar-refractivity contribution in [2.45, 2.75) is 39.7 Å². The fourth-order valence-corrected chi connectivity index (χ4v) is 3.42. The zero-order valence-corrected chi connectivity index (χ0v) is 16.8. The quantitative estimate of drug-likeness (QED) is 0.668. The van der Waals surface area contributed by atoms with Gasteiger partial charge in [-0.3, -0.25) is 9.69 Å². The molecule has 0 saturated carbocycles. The first-order valence-electron chi connectivity index (χ1n) is 10.1. The fraction of sp³-hybridized carbons (Fsp3) is 0.571. The van der Waals surface area contributed by atoms with Crippen LogP contribution in [-0.4, -0.2) is 53.8 Å². The van der Waals surface area contributed by atoms with Crippen LogP contribution in [0.1, 0.15) is 37.6 Å². The zero-order valence-electron chi connectivity index (χ0n) is 16.8. The molecule has 3 rings (SSSR count). The molecule has 1 fully saturated rings. The largest absolute Gasteiger partial charge is 0.382 e. The van der Waals surface area contributed by atoms with Crippen molar-refractivity contribution in [2.24, 2.45) is 5.92 Å². The second-order valence-corrected chi connectivity index (χ2v) is 7.29.